The molecule has 80 valence electrons. The Balaban J connectivity index is 2.35. The van der Waals surface area contributed by atoms with Crippen molar-refractivity contribution < 1.29 is 4.74 Å². The van der Waals surface area contributed by atoms with Crippen molar-refractivity contribution >= 4 is 5.57 Å². The summed E-state index contributed by atoms with van der Waals surface area (Å²) in [6.45, 7) is 0.944. The number of rotatable bonds is 3. The smallest absolute Gasteiger partial charge is 0.119 e. The van der Waals surface area contributed by atoms with Gasteiger partial charge in [-0.2, -0.15) is 0 Å². The van der Waals surface area contributed by atoms with Gasteiger partial charge in [0, 0.05) is 6.54 Å². The second-order valence-corrected chi connectivity index (χ2v) is 3.82. The molecule has 0 radical (unpaired) electrons. The number of allylic oxidation sites excluding steroid dienone is 1. The summed E-state index contributed by atoms with van der Waals surface area (Å²) in [5.41, 5.74) is 4.18. The number of benzene rings is 1. The first-order valence-electron chi connectivity index (χ1n) is 5.36. The van der Waals surface area contributed by atoms with E-state index in [1.807, 2.05) is 13.1 Å². The molecule has 0 amide bonds. The predicted molar refractivity (Wildman–Crippen MR) is 63.2 cm³/mol. The normalized spacial score (nSPS) is 14.4. The summed E-state index contributed by atoms with van der Waals surface area (Å²) in [4.78, 5) is 0. The average molecular weight is 203 g/mol. The quantitative estimate of drug-likeness (QED) is 0.813. The number of hydrogen-bond acceptors (Lipinski definition) is 2. The fourth-order valence-corrected chi connectivity index (χ4v) is 2.09. The van der Waals surface area contributed by atoms with Crippen LogP contribution in [0.5, 0.6) is 5.75 Å². The SMILES string of the molecule is CNCC1=CCCc2cc(OC)ccc21. The molecule has 0 atom stereocenters. The van der Waals surface area contributed by atoms with E-state index in [-0.39, 0.29) is 0 Å². The van der Waals surface area contributed by atoms with Gasteiger partial charge >= 0.3 is 0 Å². The molecule has 2 heteroatoms. The molecule has 1 aromatic rings. The van der Waals surface area contributed by atoms with Crippen LogP contribution < -0.4 is 10.1 Å². The first-order chi connectivity index (χ1) is 7.35. The number of nitrogens with one attached hydrogen (secondary N) is 1. The van der Waals surface area contributed by atoms with Crippen LogP contribution in [-0.4, -0.2) is 20.7 Å². The van der Waals surface area contributed by atoms with Crippen molar-refractivity contribution in [2.75, 3.05) is 20.7 Å². The molecule has 0 heterocycles. The summed E-state index contributed by atoms with van der Waals surface area (Å²) < 4.78 is 5.24. The summed E-state index contributed by atoms with van der Waals surface area (Å²) in [5, 5.41) is 3.21. The molecule has 2 rings (SSSR count). The highest BCUT2D eigenvalue weighted by molar-refractivity contribution is 5.72. The fourth-order valence-electron chi connectivity index (χ4n) is 2.09. The number of ether oxygens (including phenoxy) is 1. The summed E-state index contributed by atoms with van der Waals surface area (Å²) in [6.07, 6.45) is 4.59. The van der Waals surface area contributed by atoms with Crippen LogP contribution in [0.4, 0.5) is 0 Å². The van der Waals surface area contributed by atoms with Gasteiger partial charge in [0.15, 0.2) is 0 Å². The van der Waals surface area contributed by atoms with Crippen molar-refractivity contribution in [2.24, 2.45) is 0 Å². The van der Waals surface area contributed by atoms with E-state index < -0.39 is 0 Å². The molecule has 0 unspecified atom stereocenters. The van der Waals surface area contributed by atoms with Crippen LogP contribution in [0.25, 0.3) is 5.57 Å². The zero-order valence-electron chi connectivity index (χ0n) is 9.34. The van der Waals surface area contributed by atoms with E-state index in [2.05, 4.69) is 23.5 Å². The molecule has 0 fully saturated rings. The van der Waals surface area contributed by atoms with Gasteiger partial charge in [0.25, 0.3) is 0 Å². The maximum atomic E-state index is 5.24. The molecular weight excluding hydrogens is 186 g/mol. The van der Waals surface area contributed by atoms with Gasteiger partial charge in [-0.1, -0.05) is 12.1 Å². The minimum Gasteiger partial charge on any atom is -0.497 e. The molecule has 0 spiro atoms. The van der Waals surface area contributed by atoms with Gasteiger partial charge in [0.05, 0.1) is 7.11 Å². The highest BCUT2D eigenvalue weighted by atomic mass is 16.5. The van der Waals surface area contributed by atoms with Crippen LogP contribution in [0.2, 0.25) is 0 Å². The maximum Gasteiger partial charge on any atom is 0.119 e. The van der Waals surface area contributed by atoms with Crippen molar-refractivity contribution in [3.63, 3.8) is 0 Å². The number of hydrogen-bond donors (Lipinski definition) is 1. The highest BCUT2D eigenvalue weighted by Gasteiger charge is 2.12. The Morgan fingerprint density at radius 3 is 3.00 bits per heavy atom. The minimum atomic E-state index is 0.944. The summed E-state index contributed by atoms with van der Waals surface area (Å²) in [5.74, 6) is 0.958. The Morgan fingerprint density at radius 1 is 1.40 bits per heavy atom. The zero-order valence-corrected chi connectivity index (χ0v) is 9.34. The lowest BCUT2D eigenvalue weighted by Gasteiger charge is -2.18. The number of methoxy groups -OCH3 is 1. The molecule has 0 aromatic heterocycles. The van der Waals surface area contributed by atoms with Gasteiger partial charge in [0.1, 0.15) is 5.75 Å². The number of fused-ring (bicyclic) bond motifs is 1. The van der Waals surface area contributed by atoms with Crippen LogP contribution in [0.15, 0.2) is 24.3 Å². The van der Waals surface area contributed by atoms with Gasteiger partial charge in [-0.25, -0.2) is 0 Å². The Morgan fingerprint density at radius 2 is 2.27 bits per heavy atom. The molecule has 2 nitrogen and oxygen atoms in total. The lowest BCUT2D eigenvalue weighted by atomic mass is 9.90. The van der Waals surface area contributed by atoms with E-state index in [9.17, 15) is 0 Å². The van der Waals surface area contributed by atoms with Gasteiger partial charge in [0.2, 0.25) is 0 Å². The lowest BCUT2D eigenvalue weighted by molar-refractivity contribution is 0.414. The van der Waals surface area contributed by atoms with E-state index in [4.69, 9.17) is 4.74 Å². The molecule has 0 saturated heterocycles. The van der Waals surface area contributed by atoms with Crippen molar-refractivity contribution in [1.82, 2.24) is 5.32 Å². The molecule has 0 bridgehead atoms. The van der Waals surface area contributed by atoms with Crippen LogP contribution in [0.3, 0.4) is 0 Å². The van der Waals surface area contributed by atoms with E-state index >= 15 is 0 Å². The standard InChI is InChI=1S/C13H17NO/c1-14-9-11-5-3-4-10-8-12(15-2)6-7-13(10)11/h5-8,14H,3-4,9H2,1-2H3. The fraction of sp³-hybridized carbons (Fsp3) is 0.385. The van der Waals surface area contributed by atoms with Crippen molar-refractivity contribution in [2.45, 2.75) is 12.8 Å². The third kappa shape index (κ3) is 2.05. The molecular formula is C13H17NO. The van der Waals surface area contributed by atoms with Crippen molar-refractivity contribution in [1.29, 1.82) is 0 Å². The highest BCUT2D eigenvalue weighted by Crippen LogP contribution is 2.28. The summed E-state index contributed by atoms with van der Waals surface area (Å²) >= 11 is 0. The first-order valence-corrected chi connectivity index (χ1v) is 5.36. The van der Waals surface area contributed by atoms with Crippen molar-refractivity contribution in [3.8, 4) is 5.75 Å². The third-order valence-corrected chi connectivity index (χ3v) is 2.83. The number of likely N-dealkylation sites (N-methyl/N-ethyl adjacent to an activating group) is 1. The Bertz CT molecular complexity index is 382. The molecule has 0 aliphatic heterocycles. The van der Waals surface area contributed by atoms with E-state index in [1.165, 1.54) is 16.7 Å². The molecule has 0 saturated carbocycles. The van der Waals surface area contributed by atoms with Gasteiger partial charge in [-0.05, 0) is 48.7 Å². The monoisotopic (exact) mass is 203 g/mol. The largest absolute Gasteiger partial charge is 0.497 e. The minimum absolute atomic E-state index is 0.944. The van der Waals surface area contributed by atoms with E-state index in [0.29, 0.717) is 0 Å². The second kappa shape index (κ2) is 4.49. The van der Waals surface area contributed by atoms with Gasteiger partial charge in [-0.15, -0.1) is 0 Å². The summed E-state index contributed by atoms with van der Waals surface area (Å²) in [7, 11) is 3.70. The Labute approximate surface area is 91.0 Å². The lowest BCUT2D eigenvalue weighted by Crippen LogP contribution is -2.13. The number of aryl methyl sites for hydroxylation is 1. The van der Waals surface area contributed by atoms with Gasteiger partial charge in [-0.3, -0.25) is 0 Å². The topological polar surface area (TPSA) is 21.3 Å². The molecule has 1 N–H and O–H groups in total. The van der Waals surface area contributed by atoms with Crippen LogP contribution in [0.1, 0.15) is 17.5 Å². The van der Waals surface area contributed by atoms with Crippen molar-refractivity contribution in [3.05, 3.63) is 35.4 Å². The second-order valence-electron chi connectivity index (χ2n) is 3.82. The van der Waals surface area contributed by atoms with E-state index in [1.54, 1.807) is 7.11 Å². The van der Waals surface area contributed by atoms with Crippen LogP contribution in [-0.2, 0) is 6.42 Å². The first kappa shape index (κ1) is 10.2. The molecule has 1 aliphatic carbocycles. The zero-order chi connectivity index (χ0) is 10.7. The molecule has 15 heavy (non-hydrogen) atoms. The molecule has 1 aliphatic rings. The summed E-state index contributed by atoms with van der Waals surface area (Å²) in [6, 6.07) is 6.35. The average Bonchev–Trinajstić information content (AvgIpc) is 2.29. The van der Waals surface area contributed by atoms with Crippen LogP contribution >= 0.6 is 0 Å². The molecule has 1 aromatic carbocycles. The van der Waals surface area contributed by atoms with E-state index in [0.717, 1.165) is 25.1 Å². The predicted octanol–water partition coefficient (Wildman–Crippen LogP) is 2.24. The van der Waals surface area contributed by atoms with Crippen LogP contribution in [0, 0.1) is 0 Å². The third-order valence-electron chi connectivity index (χ3n) is 2.83. The Hall–Kier alpha value is -1.28. The Kier molecular flexibility index (Phi) is 3.07. The maximum absolute atomic E-state index is 5.24. The van der Waals surface area contributed by atoms with Gasteiger partial charge < -0.3 is 10.1 Å².